The van der Waals surface area contributed by atoms with E-state index in [-0.39, 0.29) is 11.3 Å². The third-order valence-corrected chi connectivity index (χ3v) is 4.03. The number of ether oxygens (including phenoxy) is 1. The zero-order chi connectivity index (χ0) is 18.7. The molecule has 1 aromatic carbocycles. The summed E-state index contributed by atoms with van der Waals surface area (Å²) in [6.07, 6.45) is -7.18. The molecule has 1 aromatic rings. The van der Waals surface area contributed by atoms with Crippen molar-refractivity contribution < 1.29 is 35.7 Å². The number of benzene rings is 1. The van der Waals surface area contributed by atoms with Gasteiger partial charge in [0.05, 0.1) is 5.56 Å². The summed E-state index contributed by atoms with van der Waals surface area (Å²) < 4.78 is 72.8. The first-order valence-electron chi connectivity index (χ1n) is 7.03. The fourth-order valence-corrected chi connectivity index (χ4v) is 2.66. The lowest BCUT2D eigenvalue weighted by Gasteiger charge is -2.20. The summed E-state index contributed by atoms with van der Waals surface area (Å²) in [6.45, 7) is 0. The Morgan fingerprint density at radius 3 is 2.29 bits per heavy atom. The predicted molar refractivity (Wildman–Crippen MR) is 87.0 cm³/mol. The molecular formula is C12H16B2F3NO5S. The number of hydrogen-bond donors (Lipinski definition) is 2. The second kappa shape index (κ2) is 7.47. The molecule has 1 unspecified atom stereocenters. The van der Waals surface area contributed by atoms with E-state index in [9.17, 15) is 26.4 Å². The van der Waals surface area contributed by atoms with E-state index < -0.39 is 34.1 Å². The lowest BCUT2D eigenvalue weighted by atomic mass is 9.88. The molecule has 24 heavy (non-hydrogen) atoms. The van der Waals surface area contributed by atoms with Gasteiger partial charge in [-0.3, -0.25) is 4.55 Å². The fraction of sp³-hybridized carbons (Fsp3) is 0.417. The highest BCUT2D eigenvalue weighted by Gasteiger charge is 2.45. The van der Waals surface area contributed by atoms with E-state index in [1.165, 1.54) is 6.07 Å². The van der Waals surface area contributed by atoms with Crippen LogP contribution in [-0.4, -0.2) is 52.7 Å². The Bertz CT molecular complexity index is 724. The van der Waals surface area contributed by atoms with Crippen molar-refractivity contribution in [1.82, 2.24) is 0 Å². The van der Waals surface area contributed by atoms with Crippen LogP contribution in [0.2, 0.25) is 0 Å². The fourth-order valence-electron chi connectivity index (χ4n) is 2.02. The molecule has 0 saturated carbocycles. The smallest absolute Gasteiger partial charge is 0.426 e. The van der Waals surface area contributed by atoms with Crippen molar-refractivity contribution in [1.29, 1.82) is 0 Å². The third-order valence-electron chi connectivity index (χ3n) is 3.31. The highest BCUT2D eigenvalue weighted by molar-refractivity contribution is 7.85. The number of anilines is 1. The number of nitrogens with two attached hydrogens (primary N) is 1. The molecule has 1 rings (SSSR count). The average Bonchev–Trinajstić information content (AvgIpc) is 2.44. The molecule has 0 aliphatic rings. The van der Waals surface area contributed by atoms with E-state index in [1.54, 1.807) is 21.8 Å². The molecule has 132 valence electrons. The lowest BCUT2D eigenvalue weighted by Crippen LogP contribution is -2.39. The number of carbonyl (C=O) groups is 1. The molecule has 0 aliphatic carbocycles. The number of carbonyl (C=O) groups excluding carboxylic acids is 1. The number of esters is 1. The molecule has 0 saturated heterocycles. The second-order valence-corrected chi connectivity index (χ2v) is 6.60. The Balaban J connectivity index is 3.21. The summed E-state index contributed by atoms with van der Waals surface area (Å²) in [6, 6.07) is 3.03. The second-order valence-electron chi connectivity index (χ2n) is 5.11. The molecule has 1 atom stereocenters. The zero-order valence-corrected chi connectivity index (χ0v) is 13.9. The molecule has 0 radical (unpaired) electrons. The van der Waals surface area contributed by atoms with E-state index in [0.29, 0.717) is 23.8 Å². The maximum Gasteiger partial charge on any atom is 0.426 e. The predicted octanol–water partition coefficient (Wildman–Crippen LogP) is -0.490. The Labute approximate surface area is 139 Å². The molecular weight excluding hydrogens is 349 g/mol. The van der Waals surface area contributed by atoms with Gasteiger partial charge >= 0.3 is 12.1 Å². The highest BCUT2D eigenvalue weighted by atomic mass is 32.2. The van der Waals surface area contributed by atoms with Crippen molar-refractivity contribution in [2.24, 2.45) is 0 Å². The molecule has 0 spiro atoms. The summed E-state index contributed by atoms with van der Waals surface area (Å²) in [5.74, 6) is -3.18. The van der Waals surface area contributed by atoms with Crippen LogP contribution >= 0.6 is 0 Å². The van der Waals surface area contributed by atoms with Gasteiger partial charge in [0.15, 0.2) is 0 Å². The van der Waals surface area contributed by atoms with Crippen LogP contribution in [0.4, 0.5) is 18.9 Å². The van der Waals surface area contributed by atoms with E-state index in [1.807, 2.05) is 0 Å². The van der Waals surface area contributed by atoms with E-state index in [2.05, 4.69) is 4.74 Å². The Kier molecular flexibility index (Phi) is 6.34. The first-order chi connectivity index (χ1) is 10.9. The minimum atomic E-state index is -5.16. The van der Waals surface area contributed by atoms with Crippen LogP contribution in [0.15, 0.2) is 12.1 Å². The van der Waals surface area contributed by atoms with Crippen LogP contribution in [0.25, 0.3) is 0 Å². The molecule has 0 aromatic heterocycles. The van der Waals surface area contributed by atoms with Crippen LogP contribution in [0, 0.1) is 0 Å². The number of rotatable bonds is 6. The van der Waals surface area contributed by atoms with Crippen molar-refractivity contribution in [3.63, 3.8) is 0 Å². The minimum Gasteiger partial charge on any atom is -0.448 e. The normalized spacial score (nSPS) is 13.5. The highest BCUT2D eigenvalue weighted by Crippen LogP contribution is 2.27. The van der Waals surface area contributed by atoms with Gasteiger partial charge < -0.3 is 10.5 Å². The van der Waals surface area contributed by atoms with E-state index in [4.69, 9.17) is 10.3 Å². The summed E-state index contributed by atoms with van der Waals surface area (Å²) in [5, 5.41) is 0. The third kappa shape index (κ3) is 5.45. The Morgan fingerprint density at radius 2 is 1.88 bits per heavy atom. The molecule has 0 fully saturated rings. The minimum absolute atomic E-state index is 0.0209. The SMILES string of the molecule is BCc1cc(CB)c(N)c(C(=O)OC(CS(=O)(=O)O)C(F)(F)F)c1. The van der Waals surface area contributed by atoms with Crippen LogP contribution in [0.1, 0.15) is 21.5 Å². The van der Waals surface area contributed by atoms with Crippen molar-refractivity contribution in [3.8, 4) is 0 Å². The number of nitrogen functional groups attached to an aromatic ring is 1. The summed E-state index contributed by atoms with van der Waals surface area (Å²) in [7, 11) is -1.45. The van der Waals surface area contributed by atoms with Gasteiger partial charge in [-0.25, -0.2) is 4.79 Å². The van der Waals surface area contributed by atoms with Gasteiger partial charge in [0.1, 0.15) is 21.4 Å². The maximum atomic E-state index is 12.8. The first kappa shape index (κ1) is 20.4. The number of hydrogen-bond acceptors (Lipinski definition) is 5. The van der Waals surface area contributed by atoms with Gasteiger partial charge in [-0.05, 0) is 11.6 Å². The first-order valence-corrected chi connectivity index (χ1v) is 8.64. The standard InChI is InChI=1S/C12H16B2F3NO5S/c13-3-6-1-7(4-14)10(18)8(2-6)11(19)23-9(12(15,16)17)5-24(20,21)22/h1-2,9H,3-5,13-14,18H2,(H,20,21,22). The molecule has 12 heteroatoms. The van der Waals surface area contributed by atoms with Crippen molar-refractivity contribution in [2.45, 2.75) is 24.9 Å². The van der Waals surface area contributed by atoms with E-state index in [0.717, 1.165) is 0 Å². The maximum absolute atomic E-state index is 12.8. The van der Waals surface area contributed by atoms with Gasteiger partial charge in [-0.2, -0.15) is 21.6 Å². The van der Waals surface area contributed by atoms with Crippen LogP contribution in [-0.2, 0) is 27.5 Å². The lowest BCUT2D eigenvalue weighted by molar-refractivity contribution is -0.197. The summed E-state index contributed by atoms with van der Waals surface area (Å²) >= 11 is 0. The molecule has 0 amide bonds. The average molecular weight is 365 g/mol. The summed E-state index contributed by atoms with van der Waals surface area (Å²) in [4.78, 5) is 12.1. The van der Waals surface area contributed by atoms with Crippen molar-refractivity contribution >= 4 is 37.5 Å². The molecule has 0 aliphatic heterocycles. The van der Waals surface area contributed by atoms with Gasteiger partial charge in [0.2, 0.25) is 6.10 Å². The van der Waals surface area contributed by atoms with Crippen LogP contribution < -0.4 is 5.73 Å². The van der Waals surface area contributed by atoms with Gasteiger partial charge in [-0.1, -0.05) is 24.3 Å². The van der Waals surface area contributed by atoms with Crippen LogP contribution in [0.5, 0.6) is 0 Å². The quantitative estimate of drug-likeness (QED) is 0.305. The zero-order valence-electron chi connectivity index (χ0n) is 13.1. The number of halogens is 3. The monoisotopic (exact) mass is 365 g/mol. The van der Waals surface area contributed by atoms with Crippen molar-refractivity contribution in [3.05, 3.63) is 28.8 Å². The van der Waals surface area contributed by atoms with Gasteiger partial charge in [-0.15, -0.1) is 0 Å². The largest absolute Gasteiger partial charge is 0.448 e. The molecule has 6 nitrogen and oxygen atoms in total. The molecule has 0 heterocycles. The Hall–Kier alpha value is -1.68. The summed E-state index contributed by atoms with van der Waals surface area (Å²) in [5.41, 5.74) is 6.73. The Morgan fingerprint density at radius 1 is 1.29 bits per heavy atom. The molecule has 3 N–H and O–H groups in total. The van der Waals surface area contributed by atoms with Gasteiger partial charge in [0.25, 0.3) is 10.1 Å². The van der Waals surface area contributed by atoms with Crippen molar-refractivity contribution in [2.75, 3.05) is 11.5 Å². The number of alkyl halides is 3. The topological polar surface area (TPSA) is 107 Å². The molecule has 0 bridgehead atoms. The van der Waals surface area contributed by atoms with Crippen LogP contribution in [0.3, 0.4) is 0 Å². The van der Waals surface area contributed by atoms with E-state index >= 15 is 0 Å². The van der Waals surface area contributed by atoms with Gasteiger partial charge in [0, 0.05) is 5.69 Å².